The van der Waals surface area contributed by atoms with Gasteiger partial charge in [-0.3, -0.25) is 4.68 Å². The van der Waals surface area contributed by atoms with Crippen molar-refractivity contribution in [2.24, 2.45) is 7.05 Å². The Kier molecular flexibility index (Phi) is 7.89. The molecule has 0 unspecified atom stereocenters. The van der Waals surface area contributed by atoms with Crippen LogP contribution in [-0.2, 0) is 11.8 Å². The highest BCUT2D eigenvalue weighted by atomic mass is 16.6. The van der Waals surface area contributed by atoms with Crippen molar-refractivity contribution in [3.8, 4) is 17.1 Å². The molecule has 0 aliphatic carbocycles. The number of pyridine rings is 1. The Bertz CT molecular complexity index is 1660. The summed E-state index contributed by atoms with van der Waals surface area (Å²) in [5.74, 6) is 0.912. The Morgan fingerprint density at radius 3 is 2.16 bits per heavy atom. The first-order valence-electron chi connectivity index (χ1n) is 14.9. The Morgan fingerprint density at radius 1 is 0.884 bits per heavy atom. The summed E-state index contributed by atoms with van der Waals surface area (Å²) in [5.41, 5.74) is 5.63. The largest absolute Gasteiger partial charge is 0.464 e. The van der Waals surface area contributed by atoms with E-state index in [0.717, 1.165) is 46.1 Å². The smallest absolute Gasteiger partial charge is 0.410 e. The molecule has 3 heterocycles. The standard InChI is InChI=1S/C36H38N4O3/c1-36(2,3)43-35(41)40-22-19-25(20-23-40)28-17-18-29-31(24-28)39(4)38-32(29)30-16-11-21-37-34(30)42-33(26-12-7-5-8-13-26)27-14-9-6-10-15-27/h5-18,21,24-25,33H,19-20,22-23H2,1-4H3. The number of piperidine rings is 1. The fourth-order valence-corrected chi connectivity index (χ4v) is 5.81. The number of ether oxygens (including phenoxy) is 2. The summed E-state index contributed by atoms with van der Waals surface area (Å²) in [6.07, 6.45) is 3.02. The molecule has 5 aromatic rings. The van der Waals surface area contributed by atoms with Crippen LogP contribution in [0, 0.1) is 0 Å². The number of amides is 1. The number of carbonyl (C=O) groups is 1. The van der Waals surface area contributed by atoms with Crippen LogP contribution in [0.1, 0.15) is 62.3 Å². The summed E-state index contributed by atoms with van der Waals surface area (Å²) < 4.78 is 14.2. The number of aromatic nitrogens is 3. The van der Waals surface area contributed by atoms with Crippen molar-refractivity contribution < 1.29 is 14.3 Å². The summed E-state index contributed by atoms with van der Waals surface area (Å²) in [6, 6.07) is 31.0. The van der Waals surface area contributed by atoms with Gasteiger partial charge >= 0.3 is 6.09 Å². The van der Waals surface area contributed by atoms with Gasteiger partial charge in [0.25, 0.3) is 0 Å². The predicted octanol–water partition coefficient (Wildman–Crippen LogP) is 7.92. The summed E-state index contributed by atoms with van der Waals surface area (Å²) in [6.45, 7) is 7.09. The highest BCUT2D eigenvalue weighted by Crippen LogP contribution is 2.38. The Balaban J connectivity index is 1.27. The van der Waals surface area contributed by atoms with Crippen LogP contribution in [0.15, 0.2) is 97.2 Å². The molecule has 0 N–H and O–H groups in total. The van der Waals surface area contributed by atoms with Gasteiger partial charge in [-0.25, -0.2) is 9.78 Å². The van der Waals surface area contributed by atoms with Gasteiger partial charge in [-0.05, 0) is 74.4 Å². The molecule has 1 saturated heterocycles. The monoisotopic (exact) mass is 574 g/mol. The van der Waals surface area contributed by atoms with Gasteiger partial charge in [0.1, 0.15) is 11.3 Å². The minimum atomic E-state index is -0.487. The van der Waals surface area contributed by atoms with Gasteiger partial charge < -0.3 is 14.4 Å². The van der Waals surface area contributed by atoms with Crippen LogP contribution in [0.5, 0.6) is 5.88 Å². The summed E-state index contributed by atoms with van der Waals surface area (Å²) in [4.78, 5) is 19.1. The molecule has 0 spiro atoms. The minimum Gasteiger partial charge on any atom is -0.464 e. The molecule has 1 aliphatic heterocycles. The molecule has 220 valence electrons. The van der Waals surface area contributed by atoms with Gasteiger partial charge in [0.15, 0.2) is 6.10 Å². The van der Waals surface area contributed by atoms with Crippen molar-refractivity contribution in [1.82, 2.24) is 19.7 Å². The summed E-state index contributed by atoms with van der Waals surface area (Å²) >= 11 is 0. The van der Waals surface area contributed by atoms with E-state index in [1.165, 1.54) is 5.56 Å². The van der Waals surface area contributed by atoms with Crippen LogP contribution in [0.3, 0.4) is 0 Å². The van der Waals surface area contributed by atoms with Gasteiger partial charge in [0.05, 0.1) is 11.1 Å². The minimum absolute atomic E-state index is 0.228. The maximum Gasteiger partial charge on any atom is 0.410 e. The third-order valence-corrected chi connectivity index (χ3v) is 7.95. The van der Waals surface area contributed by atoms with E-state index in [2.05, 4.69) is 47.4 Å². The van der Waals surface area contributed by atoms with Crippen molar-refractivity contribution in [1.29, 1.82) is 0 Å². The lowest BCUT2D eigenvalue weighted by Gasteiger charge is -2.33. The van der Waals surface area contributed by atoms with E-state index < -0.39 is 5.60 Å². The molecule has 1 fully saturated rings. The molecule has 7 heteroatoms. The lowest BCUT2D eigenvalue weighted by atomic mass is 9.89. The van der Waals surface area contributed by atoms with Crippen LogP contribution in [-0.4, -0.2) is 44.4 Å². The molecule has 2 aromatic heterocycles. The van der Waals surface area contributed by atoms with Gasteiger partial charge in [-0.15, -0.1) is 0 Å². The third-order valence-electron chi connectivity index (χ3n) is 7.95. The molecule has 0 atom stereocenters. The van der Waals surface area contributed by atoms with Gasteiger partial charge in [-0.2, -0.15) is 5.10 Å². The molecule has 0 radical (unpaired) electrons. The molecule has 6 rings (SSSR count). The number of hydrogen-bond acceptors (Lipinski definition) is 5. The number of benzene rings is 3. The zero-order valence-electron chi connectivity index (χ0n) is 25.2. The van der Waals surface area contributed by atoms with E-state index in [4.69, 9.17) is 14.6 Å². The van der Waals surface area contributed by atoms with Gasteiger partial charge in [-0.1, -0.05) is 72.8 Å². The van der Waals surface area contributed by atoms with Crippen molar-refractivity contribution in [2.75, 3.05) is 13.1 Å². The number of carbonyl (C=O) groups excluding carboxylic acids is 1. The van der Waals surface area contributed by atoms with Crippen LogP contribution < -0.4 is 4.74 Å². The lowest BCUT2D eigenvalue weighted by Crippen LogP contribution is -2.41. The SMILES string of the molecule is Cn1nc(-c2cccnc2OC(c2ccccc2)c2ccccc2)c2ccc(C3CCN(C(=O)OC(C)(C)C)CC3)cc21. The molecule has 3 aromatic carbocycles. The maximum atomic E-state index is 12.5. The van der Waals surface area contributed by atoms with Gasteiger partial charge in [0, 0.05) is 31.7 Å². The number of rotatable bonds is 6. The van der Waals surface area contributed by atoms with Crippen molar-refractivity contribution >= 4 is 17.0 Å². The normalized spacial score (nSPS) is 14.3. The van der Waals surface area contributed by atoms with E-state index in [1.54, 1.807) is 6.20 Å². The van der Waals surface area contributed by atoms with E-state index in [1.807, 2.05) is 85.9 Å². The first-order valence-corrected chi connectivity index (χ1v) is 14.9. The van der Waals surface area contributed by atoms with Crippen LogP contribution in [0.2, 0.25) is 0 Å². The average Bonchev–Trinajstić information content (AvgIpc) is 3.35. The molecule has 0 bridgehead atoms. The van der Waals surface area contributed by atoms with Crippen LogP contribution in [0.4, 0.5) is 4.79 Å². The number of hydrogen-bond donors (Lipinski definition) is 0. The number of aryl methyl sites for hydroxylation is 1. The third kappa shape index (κ3) is 6.26. The molecule has 7 nitrogen and oxygen atoms in total. The molecular weight excluding hydrogens is 536 g/mol. The van der Waals surface area contributed by atoms with Crippen molar-refractivity contribution in [2.45, 2.75) is 51.2 Å². The average molecular weight is 575 g/mol. The fraction of sp³-hybridized carbons (Fsp3) is 0.306. The zero-order valence-corrected chi connectivity index (χ0v) is 25.2. The summed E-state index contributed by atoms with van der Waals surface area (Å²) in [5, 5.41) is 6.00. The highest BCUT2D eigenvalue weighted by molar-refractivity contribution is 5.94. The molecule has 1 aliphatic rings. The Morgan fingerprint density at radius 2 is 1.53 bits per heavy atom. The topological polar surface area (TPSA) is 69.5 Å². The maximum absolute atomic E-state index is 12.5. The second-order valence-electron chi connectivity index (χ2n) is 12.2. The molecular formula is C36H38N4O3. The molecule has 43 heavy (non-hydrogen) atoms. The van der Waals surface area contributed by atoms with E-state index in [9.17, 15) is 4.79 Å². The van der Waals surface area contributed by atoms with E-state index in [-0.39, 0.29) is 12.2 Å². The van der Waals surface area contributed by atoms with E-state index in [0.29, 0.717) is 24.9 Å². The van der Waals surface area contributed by atoms with Crippen LogP contribution in [0.25, 0.3) is 22.2 Å². The lowest BCUT2D eigenvalue weighted by molar-refractivity contribution is 0.0205. The second-order valence-corrected chi connectivity index (χ2v) is 12.2. The predicted molar refractivity (Wildman–Crippen MR) is 169 cm³/mol. The zero-order chi connectivity index (χ0) is 30.0. The second kappa shape index (κ2) is 11.9. The number of nitrogens with zero attached hydrogens (tertiary/aromatic N) is 4. The summed E-state index contributed by atoms with van der Waals surface area (Å²) in [7, 11) is 1.98. The van der Waals surface area contributed by atoms with Crippen molar-refractivity contribution in [3.05, 3.63) is 114 Å². The number of likely N-dealkylation sites (tertiary alicyclic amines) is 1. The first kappa shape index (κ1) is 28.5. The van der Waals surface area contributed by atoms with Gasteiger partial charge in [0.2, 0.25) is 5.88 Å². The number of fused-ring (bicyclic) bond motifs is 1. The Labute approximate surface area is 253 Å². The van der Waals surface area contributed by atoms with Crippen molar-refractivity contribution in [3.63, 3.8) is 0 Å². The molecule has 0 saturated carbocycles. The van der Waals surface area contributed by atoms with Crippen LogP contribution >= 0.6 is 0 Å². The molecule has 1 amide bonds. The Hall–Kier alpha value is -4.65. The quantitative estimate of drug-likeness (QED) is 0.206. The first-order chi connectivity index (χ1) is 20.8. The van der Waals surface area contributed by atoms with E-state index >= 15 is 0 Å². The highest BCUT2D eigenvalue weighted by Gasteiger charge is 2.28. The fourth-order valence-electron chi connectivity index (χ4n) is 5.81.